The zero-order valence-corrected chi connectivity index (χ0v) is 10.8. The molecule has 1 aromatic carbocycles. The van der Waals surface area contributed by atoms with E-state index < -0.39 is 0 Å². The highest BCUT2D eigenvalue weighted by atomic mass is 14.7. The number of hydrogen-bond acceptors (Lipinski definition) is 2. The van der Waals surface area contributed by atoms with Crippen LogP contribution in [0.25, 0.3) is 0 Å². The summed E-state index contributed by atoms with van der Waals surface area (Å²) < 4.78 is 0. The summed E-state index contributed by atoms with van der Waals surface area (Å²) in [6.07, 6.45) is 6.15. The average molecular weight is 232 g/mol. The van der Waals surface area contributed by atoms with Crippen LogP contribution in [-0.2, 0) is 12.8 Å². The van der Waals surface area contributed by atoms with Crippen LogP contribution >= 0.6 is 0 Å². The van der Waals surface area contributed by atoms with Crippen LogP contribution in [0, 0.1) is 5.92 Å². The van der Waals surface area contributed by atoms with E-state index in [1.807, 2.05) is 0 Å². The van der Waals surface area contributed by atoms with Gasteiger partial charge in [0.1, 0.15) is 0 Å². The summed E-state index contributed by atoms with van der Waals surface area (Å²) >= 11 is 0. The molecule has 0 fully saturated rings. The molecule has 2 atom stereocenters. The van der Waals surface area contributed by atoms with Crippen molar-refractivity contribution >= 4 is 0 Å². The van der Waals surface area contributed by atoms with Gasteiger partial charge in [-0.1, -0.05) is 31.5 Å². The molecule has 4 N–H and O–H groups in total. The van der Waals surface area contributed by atoms with Crippen molar-refractivity contribution in [1.29, 1.82) is 0 Å². The van der Waals surface area contributed by atoms with Crippen molar-refractivity contribution in [2.45, 2.75) is 45.1 Å². The summed E-state index contributed by atoms with van der Waals surface area (Å²) in [5.74, 6) is 0.400. The lowest BCUT2D eigenvalue weighted by molar-refractivity contribution is 0.427. The monoisotopic (exact) mass is 232 g/mol. The van der Waals surface area contributed by atoms with Crippen LogP contribution in [0.15, 0.2) is 18.2 Å². The topological polar surface area (TPSA) is 52.0 Å². The van der Waals surface area contributed by atoms with Crippen LogP contribution in [0.5, 0.6) is 0 Å². The van der Waals surface area contributed by atoms with E-state index >= 15 is 0 Å². The number of rotatable bonds is 4. The van der Waals surface area contributed by atoms with Gasteiger partial charge in [-0.2, -0.15) is 0 Å². The summed E-state index contributed by atoms with van der Waals surface area (Å²) in [7, 11) is 0. The van der Waals surface area contributed by atoms with Crippen LogP contribution < -0.4 is 11.5 Å². The molecule has 0 spiro atoms. The zero-order chi connectivity index (χ0) is 12.3. The molecule has 0 radical (unpaired) electrons. The Morgan fingerprint density at radius 3 is 2.53 bits per heavy atom. The van der Waals surface area contributed by atoms with E-state index in [-0.39, 0.29) is 6.04 Å². The van der Waals surface area contributed by atoms with Gasteiger partial charge in [-0.15, -0.1) is 0 Å². The summed E-state index contributed by atoms with van der Waals surface area (Å²) in [6, 6.07) is 6.88. The Balaban J connectivity index is 2.21. The number of fused-ring (bicyclic) bond motifs is 1. The molecule has 1 aliphatic rings. The van der Waals surface area contributed by atoms with Crippen LogP contribution in [-0.4, -0.2) is 6.54 Å². The van der Waals surface area contributed by atoms with Gasteiger partial charge in [0.15, 0.2) is 0 Å². The highest BCUT2D eigenvalue weighted by Crippen LogP contribution is 2.27. The van der Waals surface area contributed by atoms with Crippen molar-refractivity contribution in [3.05, 3.63) is 34.9 Å². The second-order valence-corrected chi connectivity index (χ2v) is 5.17. The first kappa shape index (κ1) is 12.6. The lowest BCUT2D eigenvalue weighted by Gasteiger charge is -2.24. The molecular formula is C15H24N2. The highest BCUT2D eigenvalue weighted by Gasteiger charge is 2.18. The van der Waals surface area contributed by atoms with Gasteiger partial charge in [0.2, 0.25) is 0 Å². The fourth-order valence-electron chi connectivity index (χ4n) is 2.80. The molecule has 2 heteroatoms. The molecule has 0 saturated carbocycles. The molecule has 94 valence electrons. The van der Waals surface area contributed by atoms with E-state index in [1.54, 1.807) is 0 Å². The molecule has 2 unspecified atom stereocenters. The summed E-state index contributed by atoms with van der Waals surface area (Å²) in [4.78, 5) is 0. The largest absolute Gasteiger partial charge is 0.330 e. The fourth-order valence-corrected chi connectivity index (χ4v) is 2.80. The second-order valence-electron chi connectivity index (χ2n) is 5.17. The summed E-state index contributed by atoms with van der Waals surface area (Å²) in [5, 5.41) is 0. The molecule has 0 saturated heterocycles. The third kappa shape index (κ3) is 2.70. The van der Waals surface area contributed by atoms with Gasteiger partial charge < -0.3 is 11.5 Å². The standard InChI is InChI=1S/C15H24N2/c1-2-11(10-16)15(17)14-8-7-12-5-3-4-6-13(12)9-14/h7-9,11,15H,2-6,10,16-17H2,1H3. The lowest BCUT2D eigenvalue weighted by Crippen LogP contribution is -2.27. The fraction of sp³-hybridized carbons (Fsp3) is 0.600. The van der Waals surface area contributed by atoms with Gasteiger partial charge in [-0.05, 0) is 54.8 Å². The van der Waals surface area contributed by atoms with E-state index in [9.17, 15) is 0 Å². The SMILES string of the molecule is CCC(CN)C(N)c1ccc2c(c1)CCCC2. The third-order valence-corrected chi connectivity index (χ3v) is 4.09. The van der Waals surface area contributed by atoms with Crippen molar-refractivity contribution in [1.82, 2.24) is 0 Å². The van der Waals surface area contributed by atoms with E-state index in [0.717, 1.165) is 6.42 Å². The lowest BCUT2D eigenvalue weighted by atomic mass is 9.86. The first-order valence-corrected chi connectivity index (χ1v) is 6.83. The van der Waals surface area contributed by atoms with Crippen molar-refractivity contribution < 1.29 is 0 Å². The maximum absolute atomic E-state index is 6.31. The molecule has 17 heavy (non-hydrogen) atoms. The van der Waals surface area contributed by atoms with Crippen LogP contribution in [0.3, 0.4) is 0 Å². The number of hydrogen-bond donors (Lipinski definition) is 2. The quantitative estimate of drug-likeness (QED) is 0.838. The Kier molecular flexibility index (Phi) is 4.19. The van der Waals surface area contributed by atoms with Gasteiger partial charge in [-0.3, -0.25) is 0 Å². The number of benzene rings is 1. The van der Waals surface area contributed by atoms with E-state index in [1.165, 1.54) is 42.4 Å². The molecule has 0 aromatic heterocycles. The Labute approximate surface area is 104 Å². The number of nitrogens with two attached hydrogens (primary N) is 2. The van der Waals surface area contributed by atoms with E-state index in [2.05, 4.69) is 25.1 Å². The van der Waals surface area contributed by atoms with Crippen molar-refractivity contribution in [3.8, 4) is 0 Å². The molecular weight excluding hydrogens is 208 g/mol. The molecule has 0 aliphatic heterocycles. The molecule has 2 nitrogen and oxygen atoms in total. The van der Waals surface area contributed by atoms with Crippen LogP contribution in [0.4, 0.5) is 0 Å². The minimum absolute atomic E-state index is 0.0947. The van der Waals surface area contributed by atoms with E-state index in [4.69, 9.17) is 11.5 Å². The maximum atomic E-state index is 6.31. The van der Waals surface area contributed by atoms with Crippen molar-refractivity contribution in [3.63, 3.8) is 0 Å². The highest BCUT2D eigenvalue weighted by molar-refractivity contribution is 5.35. The van der Waals surface area contributed by atoms with Gasteiger partial charge in [0, 0.05) is 6.04 Å². The van der Waals surface area contributed by atoms with Gasteiger partial charge in [0.05, 0.1) is 0 Å². The molecule has 0 heterocycles. The Morgan fingerprint density at radius 2 is 1.88 bits per heavy atom. The molecule has 0 bridgehead atoms. The molecule has 1 aromatic rings. The third-order valence-electron chi connectivity index (χ3n) is 4.09. The van der Waals surface area contributed by atoms with Crippen LogP contribution in [0.1, 0.15) is 48.9 Å². The van der Waals surface area contributed by atoms with E-state index in [0.29, 0.717) is 12.5 Å². The van der Waals surface area contributed by atoms with Gasteiger partial charge in [0.25, 0.3) is 0 Å². The Hall–Kier alpha value is -0.860. The van der Waals surface area contributed by atoms with Crippen molar-refractivity contribution in [2.24, 2.45) is 17.4 Å². The van der Waals surface area contributed by atoms with Crippen LogP contribution in [0.2, 0.25) is 0 Å². The Bertz CT molecular complexity index is 369. The molecule has 1 aliphatic carbocycles. The van der Waals surface area contributed by atoms with Gasteiger partial charge in [-0.25, -0.2) is 0 Å². The first-order chi connectivity index (χ1) is 8.26. The molecule has 0 amide bonds. The minimum atomic E-state index is 0.0947. The minimum Gasteiger partial charge on any atom is -0.330 e. The zero-order valence-electron chi connectivity index (χ0n) is 10.8. The smallest absolute Gasteiger partial charge is 0.0335 e. The Morgan fingerprint density at radius 1 is 1.18 bits per heavy atom. The predicted molar refractivity (Wildman–Crippen MR) is 72.8 cm³/mol. The van der Waals surface area contributed by atoms with Gasteiger partial charge >= 0.3 is 0 Å². The summed E-state index contributed by atoms with van der Waals surface area (Å²) in [6.45, 7) is 2.84. The number of aryl methyl sites for hydroxylation is 2. The first-order valence-electron chi connectivity index (χ1n) is 6.83. The second kappa shape index (κ2) is 5.65. The van der Waals surface area contributed by atoms with Crippen molar-refractivity contribution in [2.75, 3.05) is 6.54 Å². The maximum Gasteiger partial charge on any atom is 0.0335 e. The predicted octanol–water partition coefficient (Wildman–Crippen LogP) is 2.55. The normalized spacial score (nSPS) is 18.5. The summed E-state index contributed by atoms with van der Waals surface area (Å²) in [5.41, 5.74) is 16.4. The average Bonchev–Trinajstić information content (AvgIpc) is 2.39. The molecule has 2 rings (SSSR count).